The Kier molecular flexibility index (Phi) is 4.25. The van der Waals surface area contributed by atoms with Crippen molar-refractivity contribution in [2.24, 2.45) is 5.41 Å². The van der Waals surface area contributed by atoms with Crippen molar-refractivity contribution < 1.29 is 14.7 Å². The molecule has 24 heavy (non-hydrogen) atoms. The SMILES string of the molecule is CC1(C(=O)O)CCN(C(=O)Nc2ccccc2-c2ccccc2)C1. The third kappa shape index (κ3) is 3.11. The van der Waals surface area contributed by atoms with Crippen molar-refractivity contribution in [3.05, 3.63) is 54.6 Å². The maximum atomic E-state index is 12.5. The second-order valence-corrected chi connectivity index (χ2v) is 6.38. The molecule has 1 aliphatic heterocycles. The van der Waals surface area contributed by atoms with Crippen molar-refractivity contribution in [1.82, 2.24) is 4.90 Å². The maximum Gasteiger partial charge on any atom is 0.321 e. The summed E-state index contributed by atoms with van der Waals surface area (Å²) in [5, 5.41) is 12.2. The van der Waals surface area contributed by atoms with Crippen LogP contribution in [0.2, 0.25) is 0 Å². The predicted molar refractivity (Wildman–Crippen MR) is 92.8 cm³/mol. The second kappa shape index (κ2) is 6.35. The Morgan fingerprint density at radius 2 is 1.75 bits per heavy atom. The lowest BCUT2D eigenvalue weighted by Crippen LogP contribution is -2.37. The molecule has 1 aliphatic rings. The molecule has 1 atom stereocenters. The van der Waals surface area contributed by atoms with E-state index in [9.17, 15) is 14.7 Å². The first-order valence-corrected chi connectivity index (χ1v) is 7.93. The summed E-state index contributed by atoms with van der Waals surface area (Å²) in [4.78, 5) is 25.4. The number of aliphatic carboxylic acids is 1. The van der Waals surface area contributed by atoms with Crippen LogP contribution < -0.4 is 5.32 Å². The van der Waals surface area contributed by atoms with Crippen LogP contribution in [0.1, 0.15) is 13.3 Å². The molecule has 0 saturated carbocycles. The van der Waals surface area contributed by atoms with Gasteiger partial charge >= 0.3 is 12.0 Å². The summed E-state index contributed by atoms with van der Waals surface area (Å²) in [6.07, 6.45) is 0.468. The van der Waals surface area contributed by atoms with Gasteiger partial charge in [-0.2, -0.15) is 0 Å². The highest BCUT2D eigenvalue weighted by atomic mass is 16.4. The number of benzene rings is 2. The van der Waals surface area contributed by atoms with Gasteiger partial charge in [0, 0.05) is 18.7 Å². The molecule has 5 nitrogen and oxygen atoms in total. The number of hydrogen-bond acceptors (Lipinski definition) is 2. The van der Waals surface area contributed by atoms with E-state index in [2.05, 4.69) is 5.32 Å². The molecule has 1 unspecified atom stereocenters. The molecule has 2 amide bonds. The maximum absolute atomic E-state index is 12.5. The van der Waals surface area contributed by atoms with Crippen molar-refractivity contribution in [3.63, 3.8) is 0 Å². The Bertz CT molecular complexity index is 760. The van der Waals surface area contributed by atoms with Crippen molar-refractivity contribution in [1.29, 1.82) is 0 Å². The number of hydrogen-bond donors (Lipinski definition) is 2. The summed E-state index contributed by atoms with van der Waals surface area (Å²) in [6.45, 7) is 2.35. The molecule has 2 N–H and O–H groups in total. The molecule has 2 aromatic rings. The molecule has 5 heteroatoms. The summed E-state index contributed by atoms with van der Waals surface area (Å²) < 4.78 is 0. The zero-order valence-corrected chi connectivity index (χ0v) is 13.5. The third-order valence-electron chi connectivity index (χ3n) is 4.53. The smallest absolute Gasteiger partial charge is 0.321 e. The molecule has 0 radical (unpaired) electrons. The van der Waals surface area contributed by atoms with Crippen LogP contribution in [-0.2, 0) is 4.79 Å². The minimum Gasteiger partial charge on any atom is -0.481 e. The van der Waals surface area contributed by atoms with Gasteiger partial charge in [0.05, 0.1) is 11.1 Å². The van der Waals surface area contributed by atoms with Gasteiger partial charge in [0.2, 0.25) is 0 Å². The van der Waals surface area contributed by atoms with Gasteiger partial charge in [0.1, 0.15) is 0 Å². The van der Waals surface area contributed by atoms with Crippen molar-refractivity contribution in [2.75, 3.05) is 18.4 Å². The third-order valence-corrected chi connectivity index (χ3v) is 4.53. The van der Waals surface area contributed by atoms with Gasteiger partial charge < -0.3 is 15.3 Å². The van der Waals surface area contributed by atoms with Crippen LogP contribution in [0.4, 0.5) is 10.5 Å². The van der Waals surface area contributed by atoms with Crippen LogP contribution in [-0.4, -0.2) is 35.1 Å². The summed E-state index contributed by atoms with van der Waals surface area (Å²) >= 11 is 0. The summed E-state index contributed by atoms with van der Waals surface area (Å²) in [7, 11) is 0. The first kappa shape index (κ1) is 16.1. The zero-order valence-electron chi connectivity index (χ0n) is 13.5. The molecule has 2 aromatic carbocycles. The number of nitrogens with one attached hydrogen (secondary N) is 1. The summed E-state index contributed by atoms with van der Waals surface area (Å²) in [5.74, 6) is -0.859. The highest BCUT2D eigenvalue weighted by Crippen LogP contribution is 2.32. The number of carbonyl (C=O) groups excluding carboxylic acids is 1. The predicted octanol–water partition coefficient (Wildman–Crippen LogP) is 3.68. The lowest BCUT2D eigenvalue weighted by molar-refractivity contribution is -0.146. The lowest BCUT2D eigenvalue weighted by Gasteiger charge is -2.21. The van der Waals surface area contributed by atoms with Gasteiger partial charge in [-0.15, -0.1) is 0 Å². The van der Waals surface area contributed by atoms with E-state index in [-0.39, 0.29) is 12.6 Å². The standard InChI is InChI=1S/C19H20N2O3/c1-19(17(22)23)11-12-21(13-19)18(24)20-16-10-6-5-9-15(16)14-7-3-2-4-8-14/h2-10H,11-13H2,1H3,(H,20,24)(H,22,23). The lowest BCUT2D eigenvalue weighted by atomic mass is 9.90. The normalized spacial score (nSPS) is 20.0. The van der Waals surface area contributed by atoms with Crippen LogP contribution in [0.25, 0.3) is 11.1 Å². The highest BCUT2D eigenvalue weighted by molar-refractivity contribution is 5.95. The summed E-state index contributed by atoms with van der Waals surface area (Å²) in [6, 6.07) is 17.2. The first-order chi connectivity index (χ1) is 11.5. The van der Waals surface area contributed by atoms with Gasteiger partial charge in [-0.1, -0.05) is 48.5 Å². The number of carbonyl (C=O) groups is 2. The van der Waals surface area contributed by atoms with Crippen molar-refractivity contribution in [2.45, 2.75) is 13.3 Å². The Morgan fingerprint density at radius 1 is 1.08 bits per heavy atom. The second-order valence-electron chi connectivity index (χ2n) is 6.38. The van der Waals surface area contributed by atoms with Crippen LogP contribution in [0.15, 0.2) is 54.6 Å². The average Bonchev–Trinajstić information content (AvgIpc) is 3.00. The van der Waals surface area contributed by atoms with E-state index >= 15 is 0 Å². The molecule has 3 rings (SSSR count). The fraction of sp³-hybridized carbons (Fsp3) is 0.263. The van der Waals surface area contributed by atoms with Crippen LogP contribution >= 0.6 is 0 Å². The molecular formula is C19H20N2O3. The topological polar surface area (TPSA) is 69.6 Å². The Hall–Kier alpha value is -2.82. The number of anilines is 1. The van der Waals surface area contributed by atoms with E-state index in [0.717, 1.165) is 16.8 Å². The number of rotatable bonds is 3. The fourth-order valence-electron chi connectivity index (χ4n) is 2.96. The number of urea groups is 1. The van der Waals surface area contributed by atoms with Gasteiger partial charge in [0.25, 0.3) is 0 Å². The number of carboxylic acids is 1. The molecule has 0 bridgehead atoms. The van der Waals surface area contributed by atoms with Crippen molar-refractivity contribution in [3.8, 4) is 11.1 Å². The molecule has 1 heterocycles. The molecule has 1 saturated heterocycles. The van der Waals surface area contributed by atoms with E-state index in [1.54, 1.807) is 11.8 Å². The number of likely N-dealkylation sites (tertiary alicyclic amines) is 1. The minimum atomic E-state index is -0.865. The van der Waals surface area contributed by atoms with E-state index < -0.39 is 11.4 Å². The Labute approximate surface area is 140 Å². The van der Waals surface area contributed by atoms with E-state index in [4.69, 9.17) is 0 Å². The first-order valence-electron chi connectivity index (χ1n) is 7.93. The van der Waals surface area contributed by atoms with Gasteiger partial charge in [-0.05, 0) is 25.0 Å². The highest BCUT2D eigenvalue weighted by Gasteiger charge is 2.42. The van der Waals surface area contributed by atoms with Crippen molar-refractivity contribution >= 4 is 17.7 Å². The average molecular weight is 324 g/mol. The quantitative estimate of drug-likeness (QED) is 0.905. The van der Waals surface area contributed by atoms with E-state index in [1.807, 2.05) is 54.6 Å². The van der Waals surface area contributed by atoms with Crippen LogP contribution in [0.5, 0.6) is 0 Å². The fourth-order valence-corrected chi connectivity index (χ4v) is 2.96. The molecular weight excluding hydrogens is 304 g/mol. The number of para-hydroxylation sites is 1. The molecule has 1 fully saturated rings. The van der Waals surface area contributed by atoms with Gasteiger partial charge in [0.15, 0.2) is 0 Å². The van der Waals surface area contributed by atoms with E-state index in [1.165, 1.54) is 0 Å². The van der Waals surface area contributed by atoms with Crippen LogP contribution in [0, 0.1) is 5.41 Å². The Morgan fingerprint density at radius 3 is 2.42 bits per heavy atom. The molecule has 0 spiro atoms. The number of amides is 2. The Balaban J connectivity index is 1.78. The monoisotopic (exact) mass is 324 g/mol. The summed E-state index contributed by atoms with van der Waals surface area (Å²) in [5.41, 5.74) is 1.81. The largest absolute Gasteiger partial charge is 0.481 e. The van der Waals surface area contributed by atoms with Gasteiger partial charge in [-0.25, -0.2) is 4.79 Å². The van der Waals surface area contributed by atoms with E-state index in [0.29, 0.717) is 13.0 Å². The molecule has 124 valence electrons. The molecule has 0 aromatic heterocycles. The van der Waals surface area contributed by atoms with Crippen LogP contribution in [0.3, 0.4) is 0 Å². The number of carboxylic acid groups (broad SMARTS) is 1. The van der Waals surface area contributed by atoms with Gasteiger partial charge in [-0.3, -0.25) is 4.79 Å². The zero-order chi connectivity index (χ0) is 17.2. The minimum absolute atomic E-state index is 0.224. The number of nitrogens with zero attached hydrogens (tertiary/aromatic N) is 1. The molecule has 0 aliphatic carbocycles.